The molecule has 1 saturated heterocycles. The van der Waals surface area contributed by atoms with Crippen LogP contribution >= 0.6 is 24.0 Å². The van der Waals surface area contributed by atoms with Crippen LogP contribution in [0.15, 0.2) is 18.2 Å². The standard InChI is InChI=1S/C18H26ClN3O2.ClH/c1-11(2)16(20)17(23)21-13-7-8-14(15(19)10-13)18(24)22-9-5-4-6-12(22)3;/h7-8,10-12,16H,4-6,9,20H2,1-3H3,(H,21,23);1H/t12?,16-;/m0./s1. The topological polar surface area (TPSA) is 75.4 Å². The minimum atomic E-state index is -0.584. The first-order valence-electron chi connectivity index (χ1n) is 8.48. The maximum absolute atomic E-state index is 12.7. The van der Waals surface area contributed by atoms with Crippen LogP contribution in [0.2, 0.25) is 5.02 Å². The molecule has 1 unspecified atom stereocenters. The van der Waals surface area contributed by atoms with Crippen molar-refractivity contribution in [3.8, 4) is 0 Å². The van der Waals surface area contributed by atoms with Crippen LogP contribution in [0.1, 0.15) is 50.4 Å². The van der Waals surface area contributed by atoms with Gasteiger partial charge in [0, 0.05) is 18.3 Å². The molecule has 7 heteroatoms. The third-order valence-corrected chi connectivity index (χ3v) is 4.86. The summed E-state index contributed by atoms with van der Waals surface area (Å²) in [4.78, 5) is 26.6. The van der Waals surface area contributed by atoms with Gasteiger partial charge in [-0.25, -0.2) is 0 Å². The fraction of sp³-hybridized carbons (Fsp3) is 0.556. The van der Waals surface area contributed by atoms with Crippen LogP contribution < -0.4 is 11.1 Å². The average molecular weight is 388 g/mol. The molecule has 0 bridgehead atoms. The van der Waals surface area contributed by atoms with Crippen molar-refractivity contribution in [2.75, 3.05) is 11.9 Å². The van der Waals surface area contributed by atoms with Gasteiger partial charge in [0.25, 0.3) is 5.91 Å². The lowest BCUT2D eigenvalue weighted by molar-refractivity contribution is -0.118. The van der Waals surface area contributed by atoms with Gasteiger partial charge in [0.15, 0.2) is 0 Å². The molecule has 0 saturated carbocycles. The molecule has 0 spiro atoms. The van der Waals surface area contributed by atoms with Gasteiger partial charge >= 0.3 is 0 Å². The Kier molecular flexibility index (Phi) is 8.19. The zero-order chi connectivity index (χ0) is 17.9. The first-order chi connectivity index (χ1) is 11.3. The molecule has 1 aromatic carbocycles. The summed E-state index contributed by atoms with van der Waals surface area (Å²) in [7, 11) is 0. The molecule has 1 aliphatic rings. The number of benzene rings is 1. The molecule has 2 atom stereocenters. The number of amides is 2. The van der Waals surface area contributed by atoms with E-state index in [9.17, 15) is 9.59 Å². The molecule has 140 valence electrons. The van der Waals surface area contributed by atoms with Gasteiger partial charge < -0.3 is 16.0 Å². The van der Waals surface area contributed by atoms with E-state index < -0.39 is 6.04 Å². The van der Waals surface area contributed by atoms with E-state index in [2.05, 4.69) is 12.2 Å². The first kappa shape index (κ1) is 21.7. The van der Waals surface area contributed by atoms with Crippen LogP contribution in [0.5, 0.6) is 0 Å². The van der Waals surface area contributed by atoms with Crippen LogP contribution in [0.25, 0.3) is 0 Å². The van der Waals surface area contributed by atoms with Crippen molar-refractivity contribution in [3.05, 3.63) is 28.8 Å². The number of nitrogens with zero attached hydrogens (tertiary/aromatic N) is 1. The fourth-order valence-corrected chi connectivity index (χ4v) is 3.11. The Hall–Kier alpha value is -1.30. The Bertz CT molecular complexity index is 622. The molecule has 0 radical (unpaired) electrons. The first-order valence-corrected chi connectivity index (χ1v) is 8.86. The predicted octanol–water partition coefficient (Wildman–Crippen LogP) is 3.70. The number of nitrogens with two attached hydrogens (primary N) is 1. The third-order valence-electron chi connectivity index (χ3n) is 4.55. The number of rotatable bonds is 4. The molecule has 0 aliphatic carbocycles. The summed E-state index contributed by atoms with van der Waals surface area (Å²) in [6.45, 7) is 6.60. The summed E-state index contributed by atoms with van der Waals surface area (Å²) in [6.07, 6.45) is 3.19. The van der Waals surface area contributed by atoms with E-state index in [-0.39, 0.29) is 36.2 Å². The summed E-state index contributed by atoms with van der Waals surface area (Å²) in [6, 6.07) is 4.61. The summed E-state index contributed by atoms with van der Waals surface area (Å²) in [5, 5.41) is 3.09. The fourth-order valence-electron chi connectivity index (χ4n) is 2.85. The van der Waals surface area contributed by atoms with E-state index in [0.717, 1.165) is 25.8 Å². The second kappa shape index (κ2) is 9.41. The van der Waals surface area contributed by atoms with Crippen LogP contribution in [-0.4, -0.2) is 35.3 Å². The van der Waals surface area contributed by atoms with Gasteiger partial charge in [-0.05, 0) is 50.3 Å². The molecule has 0 aromatic heterocycles. The zero-order valence-corrected chi connectivity index (χ0v) is 16.5. The Morgan fingerprint density at radius 1 is 1.32 bits per heavy atom. The number of carbonyl (C=O) groups is 2. The molecular formula is C18H27Cl2N3O2. The summed E-state index contributed by atoms with van der Waals surface area (Å²) < 4.78 is 0. The quantitative estimate of drug-likeness (QED) is 0.826. The van der Waals surface area contributed by atoms with Crippen molar-refractivity contribution >= 4 is 41.5 Å². The lowest BCUT2D eigenvalue weighted by Gasteiger charge is -2.33. The Morgan fingerprint density at radius 2 is 2.00 bits per heavy atom. The maximum atomic E-state index is 12.7. The van der Waals surface area contributed by atoms with E-state index in [1.165, 1.54) is 0 Å². The molecule has 1 aliphatic heterocycles. The Morgan fingerprint density at radius 3 is 2.56 bits per heavy atom. The van der Waals surface area contributed by atoms with Gasteiger partial charge in [-0.1, -0.05) is 25.4 Å². The van der Waals surface area contributed by atoms with Crippen molar-refractivity contribution in [2.24, 2.45) is 11.7 Å². The summed E-state index contributed by atoms with van der Waals surface area (Å²) in [5.74, 6) is -0.268. The highest BCUT2D eigenvalue weighted by Crippen LogP contribution is 2.26. The lowest BCUT2D eigenvalue weighted by atomic mass is 10.0. The minimum Gasteiger partial charge on any atom is -0.336 e. The highest BCUT2D eigenvalue weighted by atomic mass is 35.5. The summed E-state index contributed by atoms with van der Waals surface area (Å²) in [5.41, 5.74) is 6.85. The number of hydrogen-bond donors (Lipinski definition) is 2. The van der Waals surface area contributed by atoms with Crippen molar-refractivity contribution in [2.45, 2.75) is 52.1 Å². The molecule has 25 heavy (non-hydrogen) atoms. The molecule has 1 heterocycles. The number of likely N-dealkylation sites (tertiary alicyclic amines) is 1. The van der Waals surface area contributed by atoms with Gasteiger partial charge in [0.1, 0.15) is 0 Å². The van der Waals surface area contributed by atoms with Gasteiger partial charge in [-0.3, -0.25) is 9.59 Å². The van der Waals surface area contributed by atoms with E-state index in [4.69, 9.17) is 17.3 Å². The highest BCUT2D eigenvalue weighted by molar-refractivity contribution is 6.34. The molecule has 3 N–H and O–H groups in total. The van der Waals surface area contributed by atoms with E-state index in [1.54, 1.807) is 18.2 Å². The molecule has 2 amide bonds. The van der Waals surface area contributed by atoms with Crippen molar-refractivity contribution in [3.63, 3.8) is 0 Å². The number of piperidine rings is 1. The van der Waals surface area contributed by atoms with Gasteiger partial charge in [-0.15, -0.1) is 12.4 Å². The maximum Gasteiger partial charge on any atom is 0.255 e. The molecule has 2 rings (SSSR count). The Labute approximate surface area is 160 Å². The van der Waals surface area contributed by atoms with Crippen LogP contribution in [0.4, 0.5) is 5.69 Å². The van der Waals surface area contributed by atoms with E-state index in [0.29, 0.717) is 16.3 Å². The van der Waals surface area contributed by atoms with E-state index in [1.807, 2.05) is 18.7 Å². The minimum absolute atomic E-state index is 0. The molecular weight excluding hydrogens is 361 g/mol. The number of carbonyl (C=O) groups excluding carboxylic acids is 2. The van der Waals surface area contributed by atoms with Crippen molar-refractivity contribution in [1.29, 1.82) is 0 Å². The zero-order valence-electron chi connectivity index (χ0n) is 14.9. The van der Waals surface area contributed by atoms with Gasteiger partial charge in [0.2, 0.25) is 5.91 Å². The predicted molar refractivity (Wildman–Crippen MR) is 104 cm³/mol. The highest BCUT2D eigenvalue weighted by Gasteiger charge is 2.26. The van der Waals surface area contributed by atoms with Crippen LogP contribution in [0.3, 0.4) is 0 Å². The molecule has 1 aromatic rings. The molecule has 1 fully saturated rings. The number of nitrogens with one attached hydrogen (secondary N) is 1. The van der Waals surface area contributed by atoms with Gasteiger partial charge in [-0.2, -0.15) is 0 Å². The third kappa shape index (κ3) is 5.33. The average Bonchev–Trinajstić information content (AvgIpc) is 2.54. The monoisotopic (exact) mass is 387 g/mol. The smallest absolute Gasteiger partial charge is 0.255 e. The normalized spacial score (nSPS) is 18.5. The van der Waals surface area contributed by atoms with Gasteiger partial charge in [0.05, 0.1) is 16.6 Å². The second-order valence-corrected chi connectivity index (χ2v) is 7.20. The largest absolute Gasteiger partial charge is 0.336 e. The molecule has 5 nitrogen and oxygen atoms in total. The number of halogens is 2. The Balaban J connectivity index is 0.00000312. The van der Waals surface area contributed by atoms with Crippen LogP contribution in [0, 0.1) is 5.92 Å². The van der Waals surface area contributed by atoms with Crippen LogP contribution in [-0.2, 0) is 4.79 Å². The number of hydrogen-bond acceptors (Lipinski definition) is 3. The SMILES string of the molecule is CC(C)[C@H](N)C(=O)Nc1ccc(C(=O)N2CCCCC2C)c(Cl)c1.Cl. The second-order valence-electron chi connectivity index (χ2n) is 6.80. The lowest BCUT2D eigenvalue weighted by Crippen LogP contribution is -2.42. The van der Waals surface area contributed by atoms with Crippen molar-refractivity contribution < 1.29 is 9.59 Å². The van der Waals surface area contributed by atoms with Crippen molar-refractivity contribution in [1.82, 2.24) is 4.90 Å². The summed E-state index contributed by atoms with van der Waals surface area (Å²) >= 11 is 6.29. The van der Waals surface area contributed by atoms with E-state index >= 15 is 0 Å². The number of anilines is 1.